The first-order chi connectivity index (χ1) is 32.0. The predicted octanol–water partition coefficient (Wildman–Crippen LogP) is 14.6. The van der Waals surface area contributed by atoms with E-state index in [1.807, 2.05) is 21.1 Å². The van der Waals surface area contributed by atoms with Gasteiger partial charge in [-0.2, -0.15) is 0 Å². The molecule has 2 unspecified atom stereocenters. The number of phosphoric acid groups is 1. The molecule has 0 aromatic carbocycles. The molecule has 0 heterocycles. The largest absolute Gasteiger partial charge is 0.756 e. The summed E-state index contributed by atoms with van der Waals surface area (Å²) in [7, 11) is 1.11. The fraction of sp³-hybridized carbons (Fsp3) is 0.607. The molecular weight excluding hydrogens is 846 g/mol. The number of nitrogens with zero attached hydrogens (tertiary/aromatic N) is 1. The Morgan fingerprint density at radius 3 is 1.24 bits per heavy atom. The average Bonchev–Trinajstić information content (AvgIpc) is 3.27. The molecule has 0 aliphatic rings. The van der Waals surface area contributed by atoms with Crippen LogP contribution in [0, 0.1) is 0 Å². The normalized spacial score (nSPS) is 14.5. The van der Waals surface area contributed by atoms with Crippen molar-refractivity contribution in [1.82, 2.24) is 0 Å². The van der Waals surface area contributed by atoms with E-state index in [1.54, 1.807) is 0 Å². The van der Waals surface area contributed by atoms with Crippen LogP contribution in [-0.2, 0) is 32.7 Å². The van der Waals surface area contributed by atoms with Gasteiger partial charge in [0.05, 0.1) is 27.7 Å². The van der Waals surface area contributed by atoms with Gasteiger partial charge in [0, 0.05) is 12.8 Å². The first-order valence-electron chi connectivity index (χ1n) is 25.2. The van der Waals surface area contributed by atoms with Gasteiger partial charge in [-0.15, -0.1) is 0 Å². The van der Waals surface area contributed by atoms with Crippen molar-refractivity contribution in [1.29, 1.82) is 0 Å². The summed E-state index contributed by atoms with van der Waals surface area (Å²) in [5, 5.41) is 0. The molecule has 66 heavy (non-hydrogen) atoms. The zero-order valence-electron chi connectivity index (χ0n) is 42.1. The number of phosphoric ester groups is 1. The smallest absolute Gasteiger partial charge is 0.306 e. The fourth-order valence-corrected chi connectivity index (χ4v) is 6.85. The molecule has 0 aliphatic carbocycles. The topological polar surface area (TPSA) is 111 Å². The summed E-state index contributed by atoms with van der Waals surface area (Å²) in [6, 6.07) is 0. The minimum Gasteiger partial charge on any atom is -0.756 e. The Bertz CT molecular complexity index is 1530. The van der Waals surface area contributed by atoms with Crippen LogP contribution in [0.2, 0.25) is 0 Å². The first-order valence-corrected chi connectivity index (χ1v) is 26.7. The molecule has 0 radical (unpaired) electrons. The maximum absolute atomic E-state index is 12.7. The number of rotatable bonds is 44. The van der Waals surface area contributed by atoms with E-state index in [0.717, 1.165) is 103 Å². The standard InChI is InChI=1S/C56H92NO8P/c1-6-8-10-12-14-16-18-20-22-24-26-28-30-32-34-36-38-40-42-44-46-48-55(58)62-52-54(53-64-66(60,61)63-51-50-57(3,4)5)65-56(59)49-47-45-43-41-39-37-35-33-31-29-27-25-23-21-19-17-15-13-11-9-7-2/h8-11,14-17,20-23,26-29,33,35,39,41,54H,6-7,12-13,18-19,24-25,30-32,34,36-38,40,42-53H2,1-5H3/b10-8-,11-9-,16-14-,17-15-,22-20-,23-21-,28-26-,29-27-,35-33-,41-39-. The van der Waals surface area contributed by atoms with Gasteiger partial charge in [-0.05, 0) is 103 Å². The second-order valence-electron chi connectivity index (χ2n) is 17.4. The zero-order chi connectivity index (χ0) is 48.5. The molecule has 0 amide bonds. The van der Waals surface area contributed by atoms with Gasteiger partial charge in [0.1, 0.15) is 19.8 Å². The van der Waals surface area contributed by atoms with Crippen LogP contribution in [0.1, 0.15) is 168 Å². The second kappa shape index (κ2) is 46.5. The molecular formula is C56H92NO8P. The molecule has 0 saturated heterocycles. The van der Waals surface area contributed by atoms with Gasteiger partial charge >= 0.3 is 11.9 Å². The van der Waals surface area contributed by atoms with Crippen LogP contribution in [0.15, 0.2) is 122 Å². The summed E-state index contributed by atoms with van der Waals surface area (Å²) >= 11 is 0. The van der Waals surface area contributed by atoms with E-state index in [9.17, 15) is 19.0 Å². The number of hydrogen-bond acceptors (Lipinski definition) is 8. The lowest BCUT2D eigenvalue weighted by molar-refractivity contribution is -0.870. The van der Waals surface area contributed by atoms with Crippen molar-refractivity contribution >= 4 is 19.8 Å². The summed E-state index contributed by atoms with van der Waals surface area (Å²) in [6.07, 6.45) is 65.1. The molecule has 0 aromatic rings. The van der Waals surface area contributed by atoms with Gasteiger partial charge < -0.3 is 27.9 Å². The summed E-state index contributed by atoms with van der Waals surface area (Å²) in [5.74, 6) is -0.906. The van der Waals surface area contributed by atoms with Crippen LogP contribution in [0.3, 0.4) is 0 Å². The highest BCUT2D eigenvalue weighted by Gasteiger charge is 2.21. The summed E-state index contributed by atoms with van der Waals surface area (Å²) < 4.78 is 34.0. The number of hydrogen-bond donors (Lipinski definition) is 0. The second-order valence-corrected chi connectivity index (χ2v) is 18.8. The SMILES string of the molecule is CC/C=C\C/C=C\C/C=C\C/C=C\C/C=C\C/C=C\CCCCC(=O)OC(COC(=O)CCCCCCCCCC/C=C\C/C=C\C/C=C\C/C=C\CC)COP(=O)([O-])OCC[N+](C)(C)C. The third-order valence-electron chi connectivity index (χ3n) is 9.98. The highest BCUT2D eigenvalue weighted by Crippen LogP contribution is 2.38. The number of esters is 2. The van der Waals surface area contributed by atoms with Gasteiger partial charge in [-0.25, -0.2) is 0 Å². The highest BCUT2D eigenvalue weighted by molar-refractivity contribution is 7.45. The summed E-state index contributed by atoms with van der Waals surface area (Å²) in [6.45, 7) is 3.92. The number of quaternary nitrogens is 1. The number of unbranched alkanes of at least 4 members (excludes halogenated alkanes) is 10. The molecule has 9 nitrogen and oxygen atoms in total. The highest BCUT2D eigenvalue weighted by atomic mass is 31.2. The van der Waals surface area contributed by atoms with E-state index >= 15 is 0 Å². The molecule has 0 aliphatic heterocycles. The lowest BCUT2D eigenvalue weighted by Crippen LogP contribution is -2.37. The molecule has 10 heteroatoms. The van der Waals surface area contributed by atoms with Gasteiger partial charge in [0.2, 0.25) is 0 Å². The Balaban J connectivity index is 4.40. The van der Waals surface area contributed by atoms with Crippen LogP contribution < -0.4 is 4.89 Å². The van der Waals surface area contributed by atoms with E-state index in [2.05, 4.69) is 135 Å². The molecule has 0 bridgehead atoms. The third kappa shape index (κ3) is 49.8. The van der Waals surface area contributed by atoms with Crippen molar-refractivity contribution in [3.63, 3.8) is 0 Å². The number of carbonyl (C=O) groups excluding carboxylic acids is 2. The molecule has 2 atom stereocenters. The van der Waals surface area contributed by atoms with Crippen molar-refractivity contribution in [2.24, 2.45) is 0 Å². The molecule has 0 saturated carbocycles. The lowest BCUT2D eigenvalue weighted by atomic mass is 10.1. The van der Waals surface area contributed by atoms with E-state index in [-0.39, 0.29) is 26.1 Å². The van der Waals surface area contributed by atoms with Gasteiger partial charge in [-0.3, -0.25) is 14.2 Å². The Labute approximate surface area is 403 Å². The Morgan fingerprint density at radius 1 is 0.470 bits per heavy atom. The molecule has 374 valence electrons. The Kier molecular flexibility index (Phi) is 44.0. The van der Waals surface area contributed by atoms with Crippen LogP contribution in [0.4, 0.5) is 0 Å². The Hall–Kier alpha value is -3.59. The predicted molar refractivity (Wildman–Crippen MR) is 277 cm³/mol. The van der Waals surface area contributed by atoms with Crippen molar-refractivity contribution in [2.45, 2.75) is 174 Å². The maximum Gasteiger partial charge on any atom is 0.306 e. The van der Waals surface area contributed by atoms with E-state index in [0.29, 0.717) is 23.9 Å². The van der Waals surface area contributed by atoms with Crippen LogP contribution in [-0.4, -0.2) is 70.0 Å². The van der Waals surface area contributed by atoms with Gasteiger partial charge in [0.15, 0.2) is 6.10 Å². The van der Waals surface area contributed by atoms with Gasteiger partial charge in [0.25, 0.3) is 7.82 Å². The van der Waals surface area contributed by atoms with Crippen LogP contribution >= 0.6 is 7.82 Å². The molecule has 0 rings (SSSR count). The van der Waals surface area contributed by atoms with Gasteiger partial charge in [-0.1, -0.05) is 174 Å². The zero-order valence-corrected chi connectivity index (χ0v) is 43.0. The maximum atomic E-state index is 12.7. The number of allylic oxidation sites excluding steroid dienone is 20. The van der Waals surface area contributed by atoms with Crippen LogP contribution in [0.25, 0.3) is 0 Å². The van der Waals surface area contributed by atoms with Crippen molar-refractivity contribution in [2.75, 3.05) is 47.5 Å². The monoisotopic (exact) mass is 938 g/mol. The van der Waals surface area contributed by atoms with E-state index < -0.39 is 32.5 Å². The fourth-order valence-electron chi connectivity index (χ4n) is 6.12. The average molecular weight is 938 g/mol. The quantitative estimate of drug-likeness (QED) is 0.0195. The van der Waals surface area contributed by atoms with Crippen molar-refractivity contribution in [3.05, 3.63) is 122 Å². The molecule has 0 aromatic heterocycles. The van der Waals surface area contributed by atoms with E-state index in [4.69, 9.17) is 18.5 Å². The molecule has 0 N–H and O–H groups in total. The minimum absolute atomic E-state index is 0.0484. The molecule has 0 fully saturated rings. The summed E-state index contributed by atoms with van der Waals surface area (Å²) in [4.78, 5) is 37.7. The third-order valence-corrected chi connectivity index (χ3v) is 10.9. The summed E-state index contributed by atoms with van der Waals surface area (Å²) in [5.41, 5.74) is 0. The number of ether oxygens (including phenoxy) is 2. The van der Waals surface area contributed by atoms with E-state index in [1.165, 1.54) is 25.7 Å². The Morgan fingerprint density at radius 2 is 0.818 bits per heavy atom. The van der Waals surface area contributed by atoms with Crippen LogP contribution in [0.5, 0.6) is 0 Å². The van der Waals surface area contributed by atoms with Crippen molar-refractivity contribution < 1.29 is 42.1 Å². The number of carbonyl (C=O) groups is 2. The molecule has 0 spiro atoms. The lowest BCUT2D eigenvalue weighted by Gasteiger charge is -2.28. The first kappa shape index (κ1) is 62.4. The minimum atomic E-state index is -4.66. The van der Waals surface area contributed by atoms with Crippen molar-refractivity contribution in [3.8, 4) is 0 Å². The number of likely N-dealkylation sites (N-methyl/N-ethyl adjacent to an activating group) is 1.